The highest BCUT2D eigenvalue weighted by molar-refractivity contribution is 7.45. The normalized spacial score (nSPS) is 14.5. The number of unbranched alkanes of at least 4 members (excludes halogenated alkanes) is 21. The van der Waals surface area contributed by atoms with E-state index >= 15 is 0 Å². The molecule has 0 aliphatic rings. The highest BCUT2D eigenvalue weighted by Gasteiger charge is 2.27. The third-order valence-electron chi connectivity index (χ3n) is 12.7. The number of likely N-dealkylation sites (N-methyl/N-ethyl adjacent to an activating group) is 1. The van der Waals surface area contributed by atoms with Gasteiger partial charge < -0.3 is 28.5 Å². The SMILES string of the molecule is CC/C=C\C/C=C\C/C=C\C/C=C\C/C=C\C/C=C\CCCCC(=O)NC(COP(=O)([O-])OCC[N+](C)(C)C)C(/C=C\CCCCCCCCCCC)OC(=O)CCCCCCCCC/C=C\C/C=C\CCCCC. The van der Waals surface area contributed by atoms with E-state index in [-0.39, 0.29) is 31.3 Å². The fourth-order valence-electron chi connectivity index (χ4n) is 8.02. The van der Waals surface area contributed by atoms with E-state index in [0.29, 0.717) is 23.9 Å². The Labute approximate surface area is 461 Å². The highest BCUT2D eigenvalue weighted by Crippen LogP contribution is 2.38. The van der Waals surface area contributed by atoms with E-state index in [0.717, 1.165) is 103 Å². The molecular formula is C65H113N2O7P. The number of hydrogen-bond donors (Lipinski definition) is 1. The molecule has 0 saturated carbocycles. The maximum Gasteiger partial charge on any atom is 0.306 e. The van der Waals surface area contributed by atoms with E-state index in [1.807, 2.05) is 33.3 Å². The Morgan fingerprint density at radius 3 is 1.32 bits per heavy atom. The summed E-state index contributed by atoms with van der Waals surface area (Å²) in [7, 11) is 1.13. The van der Waals surface area contributed by atoms with Crippen LogP contribution in [0.4, 0.5) is 0 Å². The Hall–Kier alpha value is -3.33. The summed E-state index contributed by atoms with van der Waals surface area (Å²) in [5, 5.41) is 2.99. The molecule has 0 radical (unpaired) electrons. The van der Waals surface area contributed by atoms with Crippen molar-refractivity contribution in [2.75, 3.05) is 40.9 Å². The molecule has 3 atom stereocenters. The minimum atomic E-state index is -4.72. The molecule has 0 bridgehead atoms. The van der Waals surface area contributed by atoms with Gasteiger partial charge in [0.1, 0.15) is 19.3 Å². The van der Waals surface area contributed by atoms with Gasteiger partial charge in [-0.1, -0.05) is 220 Å². The van der Waals surface area contributed by atoms with E-state index in [2.05, 4.69) is 123 Å². The first-order valence-corrected chi connectivity index (χ1v) is 31.7. The second-order valence-electron chi connectivity index (χ2n) is 21.1. The molecule has 3 unspecified atom stereocenters. The fourth-order valence-corrected chi connectivity index (χ4v) is 8.75. The predicted molar refractivity (Wildman–Crippen MR) is 320 cm³/mol. The van der Waals surface area contributed by atoms with Crippen molar-refractivity contribution in [2.45, 2.75) is 251 Å². The molecule has 430 valence electrons. The number of carbonyl (C=O) groups excluding carboxylic acids is 2. The maximum atomic E-state index is 13.5. The summed E-state index contributed by atoms with van der Waals surface area (Å²) >= 11 is 0. The van der Waals surface area contributed by atoms with Gasteiger partial charge in [0.2, 0.25) is 5.91 Å². The largest absolute Gasteiger partial charge is 0.756 e. The molecule has 0 rings (SSSR count). The number of nitrogens with one attached hydrogen (secondary N) is 1. The number of phosphoric ester groups is 1. The van der Waals surface area contributed by atoms with Crippen LogP contribution >= 0.6 is 7.82 Å². The van der Waals surface area contributed by atoms with E-state index in [4.69, 9.17) is 13.8 Å². The van der Waals surface area contributed by atoms with Gasteiger partial charge in [0.05, 0.1) is 33.8 Å². The van der Waals surface area contributed by atoms with Crippen LogP contribution in [0, 0.1) is 0 Å². The van der Waals surface area contributed by atoms with E-state index in [1.165, 1.54) is 89.9 Å². The lowest BCUT2D eigenvalue weighted by molar-refractivity contribution is -0.870. The third kappa shape index (κ3) is 55.2. The van der Waals surface area contributed by atoms with Gasteiger partial charge in [0.15, 0.2) is 0 Å². The number of phosphoric acid groups is 1. The number of ether oxygens (including phenoxy) is 1. The molecule has 1 amide bonds. The molecule has 0 aliphatic heterocycles. The van der Waals surface area contributed by atoms with Gasteiger partial charge in [-0.15, -0.1) is 0 Å². The van der Waals surface area contributed by atoms with E-state index < -0.39 is 26.6 Å². The molecule has 9 nitrogen and oxygen atoms in total. The molecule has 0 saturated heterocycles. The van der Waals surface area contributed by atoms with Crippen molar-refractivity contribution in [3.8, 4) is 0 Å². The molecule has 1 N–H and O–H groups in total. The van der Waals surface area contributed by atoms with Gasteiger partial charge >= 0.3 is 5.97 Å². The van der Waals surface area contributed by atoms with E-state index in [1.54, 1.807) is 0 Å². The second kappa shape index (κ2) is 54.0. The average Bonchev–Trinajstić information content (AvgIpc) is 3.37. The number of carbonyl (C=O) groups is 2. The maximum absolute atomic E-state index is 13.5. The van der Waals surface area contributed by atoms with Gasteiger partial charge in [-0.3, -0.25) is 14.2 Å². The van der Waals surface area contributed by atoms with Crippen molar-refractivity contribution in [2.24, 2.45) is 0 Å². The first-order chi connectivity index (χ1) is 36.4. The van der Waals surface area contributed by atoms with Crippen LogP contribution in [0.25, 0.3) is 0 Å². The van der Waals surface area contributed by atoms with Gasteiger partial charge in [-0.2, -0.15) is 0 Å². The number of allylic oxidation sites excluding steroid dienone is 17. The minimum Gasteiger partial charge on any atom is -0.756 e. The van der Waals surface area contributed by atoms with Crippen LogP contribution in [0.5, 0.6) is 0 Å². The van der Waals surface area contributed by atoms with Crippen molar-refractivity contribution in [1.82, 2.24) is 5.32 Å². The highest BCUT2D eigenvalue weighted by atomic mass is 31.2. The summed E-state index contributed by atoms with van der Waals surface area (Å²) in [4.78, 5) is 39.9. The molecule has 0 heterocycles. The van der Waals surface area contributed by atoms with Crippen molar-refractivity contribution >= 4 is 19.7 Å². The summed E-state index contributed by atoms with van der Waals surface area (Å²) in [5.74, 6) is -0.608. The summed E-state index contributed by atoms with van der Waals surface area (Å²) in [6.07, 6.45) is 73.4. The monoisotopic (exact) mass is 1060 g/mol. The minimum absolute atomic E-state index is 0.0379. The van der Waals surface area contributed by atoms with Crippen LogP contribution in [-0.4, -0.2) is 69.4 Å². The number of nitrogens with zero attached hydrogens (tertiary/aromatic N) is 1. The molecule has 0 spiro atoms. The Bertz CT molecular complexity index is 1650. The number of rotatable bonds is 53. The van der Waals surface area contributed by atoms with Crippen LogP contribution in [-0.2, 0) is 27.9 Å². The molecule has 10 heteroatoms. The van der Waals surface area contributed by atoms with Gasteiger partial charge in [-0.25, -0.2) is 0 Å². The standard InChI is InChI=1S/C65H113N2O7P/c1-7-10-13-16-19-22-25-27-29-31-32-33-34-36-37-39-42-45-48-51-54-57-64(68)66-62(61-73-75(70,71)72-60-59-67(4,5)6)63(56-53-50-47-44-41-24-21-18-15-12-9-3)74-65(69)58-55-52-49-46-43-40-38-35-30-28-26-23-20-17-14-11-8-2/h10,13,19-20,22-23,27-30,32-33,36-37,42,45,53,56,62-63H,7-9,11-12,14-18,21,24-26,31,34-35,38-41,43-44,46-52,54-55,57-61H2,1-6H3,(H-,66,68,70,71)/b13-10-,22-19-,23-20-,29-27-,30-28-,33-32-,37-36-,45-42-,56-53-. The topological polar surface area (TPSA) is 114 Å². The van der Waals surface area contributed by atoms with Crippen LogP contribution in [0.1, 0.15) is 239 Å². The number of amides is 1. The second-order valence-corrected chi connectivity index (χ2v) is 22.5. The van der Waals surface area contributed by atoms with Crippen LogP contribution in [0.3, 0.4) is 0 Å². The first-order valence-electron chi connectivity index (χ1n) is 30.2. The molecule has 0 aromatic heterocycles. The Morgan fingerprint density at radius 1 is 0.480 bits per heavy atom. The van der Waals surface area contributed by atoms with Crippen LogP contribution in [0.2, 0.25) is 0 Å². The lowest BCUT2D eigenvalue weighted by Gasteiger charge is -2.30. The van der Waals surface area contributed by atoms with Crippen molar-refractivity contribution in [1.29, 1.82) is 0 Å². The lowest BCUT2D eigenvalue weighted by atomic mass is 10.1. The van der Waals surface area contributed by atoms with Crippen molar-refractivity contribution in [3.05, 3.63) is 109 Å². The van der Waals surface area contributed by atoms with Crippen LogP contribution < -0.4 is 10.2 Å². The zero-order chi connectivity index (χ0) is 55.0. The Morgan fingerprint density at radius 2 is 0.853 bits per heavy atom. The molecule has 0 aromatic carbocycles. The quantitative estimate of drug-likeness (QED) is 0.0212. The molecule has 75 heavy (non-hydrogen) atoms. The van der Waals surface area contributed by atoms with Gasteiger partial charge in [-0.05, 0) is 115 Å². The summed E-state index contributed by atoms with van der Waals surface area (Å²) in [5.41, 5.74) is 0. The molecule has 0 aromatic rings. The first kappa shape index (κ1) is 71.7. The van der Waals surface area contributed by atoms with Gasteiger partial charge in [0, 0.05) is 12.8 Å². The summed E-state index contributed by atoms with van der Waals surface area (Å²) in [6.45, 7) is 6.64. The Balaban J connectivity index is 5.36. The van der Waals surface area contributed by atoms with E-state index in [9.17, 15) is 19.0 Å². The lowest BCUT2D eigenvalue weighted by Crippen LogP contribution is -2.47. The summed E-state index contributed by atoms with van der Waals surface area (Å²) < 4.78 is 30.2. The molecule has 0 fully saturated rings. The van der Waals surface area contributed by atoms with Crippen molar-refractivity contribution < 1.29 is 37.3 Å². The predicted octanol–water partition coefficient (Wildman–Crippen LogP) is 17.9. The smallest absolute Gasteiger partial charge is 0.306 e. The number of hydrogen-bond acceptors (Lipinski definition) is 7. The summed E-state index contributed by atoms with van der Waals surface area (Å²) in [6, 6.07) is -0.921. The fraction of sp³-hybridized carbons (Fsp3) is 0.692. The van der Waals surface area contributed by atoms with Crippen LogP contribution in [0.15, 0.2) is 109 Å². The Kier molecular flexibility index (Phi) is 51.6. The zero-order valence-electron chi connectivity index (χ0n) is 49.0. The molecule has 0 aliphatic carbocycles. The third-order valence-corrected chi connectivity index (χ3v) is 13.7. The van der Waals surface area contributed by atoms with Crippen molar-refractivity contribution in [3.63, 3.8) is 0 Å². The number of quaternary nitrogens is 1. The molecular weight excluding hydrogens is 952 g/mol. The van der Waals surface area contributed by atoms with Gasteiger partial charge in [0.25, 0.3) is 7.82 Å². The zero-order valence-corrected chi connectivity index (χ0v) is 49.9. The number of esters is 1. The average molecular weight is 1070 g/mol.